The number of hydrogen-bond donors (Lipinski definition) is 1. The highest BCUT2D eigenvalue weighted by Gasteiger charge is 2.14. The van der Waals surface area contributed by atoms with Crippen molar-refractivity contribution in [1.82, 2.24) is 24.9 Å². The maximum absolute atomic E-state index is 4.83. The van der Waals surface area contributed by atoms with Crippen molar-refractivity contribution >= 4 is 5.96 Å². The first-order chi connectivity index (χ1) is 12.8. The van der Waals surface area contributed by atoms with E-state index >= 15 is 0 Å². The summed E-state index contributed by atoms with van der Waals surface area (Å²) in [6, 6.07) is 0. The van der Waals surface area contributed by atoms with Crippen LogP contribution in [-0.4, -0.2) is 66.3 Å². The van der Waals surface area contributed by atoms with E-state index in [9.17, 15) is 0 Å². The Morgan fingerprint density at radius 3 is 2.44 bits per heavy atom. The molecule has 1 aromatic rings. The zero-order chi connectivity index (χ0) is 20.2. The summed E-state index contributed by atoms with van der Waals surface area (Å²) in [4.78, 5) is 9.30. The number of rotatable bonds is 12. The lowest BCUT2D eigenvalue weighted by atomic mass is 10.1. The SMILES string of the molecule is CCNC(=NCCCCCCCN(C)C)N(C)Cc1cn(C)nc1C(C)C. The van der Waals surface area contributed by atoms with Crippen LogP contribution < -0.4 is 5.32 Å². The fourth-order valence-electron chi connectivity index (χ4n) is 3.22. The molecule has 0 radical (unpaired) electrons. The molecule has 1 aromatic heterocycles. The van der Waals surface area contributed by atoms with E-state index in [2.05, 4.69) is 68.3 Å². The largest absolute Gasteiger partial charge is 0.357 e. The first kappa shape index (κ1) is 23.5. The molecule has 27 heavy (non-hydrogen) atoms. The van der Waals surface area contributed by atoms with E-state index in [0.29, 0.717) is 5.92 Å². The highest BCUT2D eigenvalue weighted by molar-refractivity contribution is 5.79. The maximum Gasteiger partial charge on any atom is 0.193 e. The topological polar surface area (TPSA) is 48.7 Å². The lowest BCUT2D eigenvalue weighted by molar-refractivity contribution is 0.390. The molecule has 0 bridgehead atoms. The number of hydrogen-bond acceptors (Lipinski definition) is 3. The van der Waals surface area contributed by atoms with Crippen molar-refractivity contribution in [3.63, 3.8) is 0 Å². The molecule has 0 spiro atoms. The molecule has 0 fully saturated rings. The van der Waals surface area contributed by atoms with Gasteiger partial charge in [0.1, 0.15) is 0 Å². The molecule has 0 saturated carbocycles. The van der Waals surface area contributed by atoms with Crippen LogP contribution in [0, 0.1) is 0 Å². The number of aliphatic imine (C=N–C) groups is 1. The number of unbranched alkanes of at least 4 members (excludes halogenated alkanes) is 4. The van der Waals surface area contributed by atoms with Crippen LogP contribution in [0.1, 0.15) is 70.1 Å². The van der Waals surface area contributed by atoms with Gasteiger partial charge >= 0.3 is 0 Å². The standard InChI is InChI=1S/C21H42N6/c1-8-22-21(23-14-12-10-9-11-13-15-25(4)5)26(6)16-19-17-27(7)24-20(19)18(2)3/h17-18H,8-16H2,1-7H3,(H,22,23). The van der Waals surface area contributed by atoms with Crippen molar-refractivity contribution in [1.29, 1.82) is 0 Å². The van der Waals surface area contributed by atoms with Crippen molar-refractivity contribution in [3.05, 3.63) is 17.5 Å². The average molecular weight is 379 g/mol. The lowest BCUT2D eigenvalue weighted by Crippen LogP contribution is -2.38. The van der Waals surface area contributed by atoms with Gasteiger partial charge in [-0.15, -0.1) is 0 Å². The van der Waals surface area contributed by atoms with Crippen molar-refractivity contribution in [2.75, 3.05) is 40.8 Å². The van der Waals surface area contributed by atoms with Crippen molar-refractivity contribution in [2.24, 2.45) is 12.0 Å². The van der Waals surface area contributed by atoms with Gasteiger partial charge in [0.2, 0.25) is 0 Å². The number of guanidine groups is 1. The van der Waals surface area contributed by atoms with Crippen LogP contribution in [0.5, 0.6) is 0 Å². The van der Waals surface area contributed by atoms with Crippen molar-refractivity contribution < 1.29 is 0 Å². The van der Waals surface area contributed by atoms with Gasteiger partial charge in [-0.25, -0.2) is 0 Å². The summed E-state index contributed by atoms with van der Waals surface area (Å²) in [6.45, 7) is 10.3. The fourth-order valence-corrected chi connectivity index (χ4v) is 3.22. The summed E-state index contributed by atoms with van der Waals surface area (Å²) in [5.41, 5.74) is 2.46. The Bertz CT molecular complexity index is 547. The van der Waals surface area contributed by atoms with E-state index in [-0.39, 0.29) is 0 Å². The summed E-state index contributed by atoms with van der Waals surface area (Å²) in [6.07, 6.45) is 8.48. The third-order valence-electron chi connectivity index (χ3n) is 4.61. The average Bonchev–Trinajstić information content (AvgIpc) is 2.96. The Morgan fingerprint density at radius 1 is 1.15 bits per heavy atom. The van der Waals surface area contributed by atoms with Gasteiger partial charge in [0.05, 0.1) is 5.69 Å². The number of aromatic nitrogens is 2. The summed E-state index contributed by atoms with van der Waals surface area (Å²) < 4.78 is 1.92. The first-order valence-corrected chi connectivity index (χ1v) is 10.5. The summed E-state index contributed by atoms with van der Waals surface area (Å²) in [5.74, 6) is 1.42. The molecule has 0 aromatic carbocycles. The summed E-state index contributed by atoms with van der Waals surface area (Å²) in [5, 5.41) is 8.04. The molecule has 6 heteroatoms. The zero-order valence-corrected chi connectivity index (χ0v) is 18.8. The molecule has 1 heterocycles. The predicted molar refractivity (Wildman–Crippen MR) is 116 cm³/mol. The molecule has 0 aliphatic heterocycles. The van der Waals surface area contributed by atoms with Gasteiger partial charge in [-0.1, -0.05) is 33.1 Å². The van der Waals surface area contributed by atoms with Crippen molar-refractivity contribution in [2.45, 2.75) is 65.3 Å². The minimum Gasteiger partial charge on any atom is -0.357 e. The van der Waals surface area contributed by atoms with Gasteiger partial charge in [0.25, 0.3) is 0 Å². The van der Waals surface area contributed by atoms with E-state index < -0.39 is 0 Å². The molecule has 0 saturated heterocycles. The number of aryl methyl sites for hydroxylation is 1. The molecule has 0 aliphatic rings. The Kier molecular flexibility index (Phi) is 11.1. The van der Waals surface area contributed by atoms with Gasteiger partial charge in [-0.3, -0.25) is 9.67 Å². The van der Waals surface area contributed by atoms with Crippen LogP contribution in [-0.2, 0) is 13.6 Å². The smallest absolute Gasteiger partial charge is 0.193 e. The Morgan fingerprint density at radius 2 is 1.81 bits per heavy atom. The molecular formula is C21H42N6. The van der Waals surface area contributed by atoms with Crippen molar-refractivity contribution in [3.8, 4) is 0 Å². The summed E-state index contributed by atoms with van der Waals surface area (Å²) >= 11 is 0. The third-order valence-corrected chi connectivity index (χ3v) is 4.61. The second kappa shape index (κ2) is 12.8. The number of nitrogens with one attached hydrogen (secondary N) is 1. The van der Waals surface area contributed by atoms with Crippen LogP contribution in [0.3, 0.4) is 0 Å². The predicted octanol–water partition coefficient (Wildman–Crippen LogP) is 3.45. The Labute approximate surface area is 167 Å². The normalized spacial score (nSPS) is 12.3. The van der Waals surface area contributed by atoms with Gasteiger partial charge in [-0.05, 0) is 46.3 Å². The maximum atomic E-state index is 4.83. The van der Waals surface area contributed by atoms with Crippen LogP contribution >= 0.6 is 0 Å². The van der Waals surface area contributed by atoms with Gasteiger partial charge in [0, 0.05) is 45.5 Å². The molecule has 0 atom stereocenters. The van der Waals surface area contributed by atoms with Crippen LogP contribution in [0.15, 0.2) is 11.2 Å². The first-order valence-electron chi connectivity index (χ1n) is 10.5. The zero-order valence-electron chi connectivity index (χ0n) is 18.8. The van der Waals surface area contributed by atoms with E-state index in [0.717, 1.165) is 32.0 Å². The van der Waals surface area contributed by atoms with Gasteiger partial charge < -0.3 is 15.1 Å². The van der Waals surface area contributed by atoms with E-state index in [1.54, 1.807) is 0 Å². The second-order valence-corrected chi connectivity index (χ2v) is 8.03. The molecular weight excluding hydrogens is 336 g/mol. The minimum absolute atomic E-state index is 0.432. The quantitative estimate of drug-likeness (QED) is 0.344. The molecule has 0 unspecified atom stereocenters. The highest BCUT2D eigenvalue weighted by atomic mass is 15.3. The van der Waals surface area contributed by atoms with Crippen LogP contribution in [0.25, 0.3) is 0 Å². The van der Waals surface area contributed by atoms with Gasteiger partial charge in [-0.2, -0.15) is 5.10 Å². The molecule has 0 amide bonds. The van der Waals surface area contributed by atoms with Gasteiger partial charge in [0.15, 0.2) is 5.96 Å². The van der Waals surface area contributed by atoms with Crippen LogP contribution in [0.4, 0.5) is 0 Å². The Balaban J connectivity index is 2.48. The fraction of sp³-hybridized carbons (Fsp3) is 0.810. The lowest BCUT2D eigenvalue weighted by Gasteiger charge is -2.22. The molecule has 6 nitrogen and oxygen atoms in total. The van der Waals surface area contributed by atoms with Crippen LogP contribution in [0.2, 0.25) is 0 Å². The Hall–Kier alpha value is -1.56. The monoisotopic (exact) mass is 378 g/mol. The van der Waals surface area contributed by atoms with E-state index in [4.69, 9.17) is 4.99 Å². The highest BCUT2D eigenvalue weighted by Crippen LogP contribution is 2.18. The third kappa shape index (κ3) is 9.27. The molecule has 0 aliphatic carbocycles. The second-order valence-electron chi connectivity index (χ2n) is 8.03. The molecule has 156 valence electrons. The number of nitrogens with zero attached hydrogens (tertiary/aromatic N) is 5. The van der Waals surface area contributed by atoms with E-state index in [1.165, 1.54) is 43.5 Å². The molecule has 1 rings (SSSR count). The summed E-state index contributed by atoms with van der Waals surface area (Å²) in [7, 11) is 8.39. The minimum atomic E-state index is 0.432. The van der Waals surface area contributed by atoms with E-state index in [1.807, 2.05) is 11.7 Å². The molecule has 1 N–H and O–H groups in total.